The summed E-state index contributed by atoms with van der Waals surface area (Å²) in [6.45, 7) is 5.71. The molecule has 0 saturated heterocycles. The Morgan fingerprint density at radius 3 is 2.38 bits per heavy atom. The normalized spacial score (nSPS) is 10.7. The summed E-state index contributed by atoms with van der Waals surface area (Å²) >= 11 is 0. The van der Waals surface area contributed by atoms with Crippen LogP contribution in [0.15, 0.2) is 65.1 Å². The van der Waals surface area contributed by atoms with Gasteiger partial charge in [0.2, 0.25) is 0 Å². The zero-order valence-corrected chi connectivity index (χ0v) is 15.1. The first-order valence-electron chi connectivity index (χ1n) is 8.78. The minimum absolute atomic E-state index is 0.306. The molecule has 1 aromatic heterocycles. The van der Waals surface area contributed by atoms with Crippen LogP contribution < -0.4 is 5.32 Å². The van der Waals surface area contributed by atoms with Gasteiger partial charge in [0.05, 0.1) is 18.7 Å². The maximum Gasteiger partial charge on any atom is 0.338 e. The van der Waals surface area contributed by atoms with Crippen molar-refractivity contribution in [2.24, 2.45) is 0 Å². The Bertz CT molecular complexity index is 848. The molecule has 0 fully saturated rings. The number of carbonyl (C=O) groups excluding carboxylic acids is 1. The third-order valence-corrected chi connectivity index (χ3v) is 4.09. The number of carbonyl (C=O) groups is 1. The quantitative estimate of drug-likeness (QED) is 0.627. The van der Waals surface area contributed by atoms with Gasteiger partial charge in [-0.15, -0.1) is 0 Å². The molecule has 0 aliphatic heterocycles. The average molecular weight is 349 g/mol. The molecular weight excluding hydrogens is 326 g/mol. The molecule has 0 amide bonds. The molecule has 3 aromatic rings. The number of benzene rings is 2. The highest BCUT2D eigenvalue weighted by atomic mass is 16.5. The summed E-state index contributed by atoms with van der Waals surface area (Å²) in [6.07, 6.45) is 0. The SMILES string of the molecule is CCOC(=O)c1ccc(-c2ccc(CNCc3ccc(C)cc3)o2)cc1. The van der Waals surface area contributed by atoms with Crippen LogP contribution in [-0.2, 0) is 17.8 Å². The minimum atomic E-state index is -0.306. The van der Waals surface area contributed by atoms with Gasteiger partial charge in [-0.25, -0.2) is 4.79 Å². The van der Waals surface area contributed by atoms with Crippen LogP contribution in [0.1, 0.15) is 34.2 Å². The molecule has 1 heterocycles. The summed E-state index contributed by atoms with van der Waals surface area (Å²) in [5.74, 6) is 1.36. The van der Waals surface area contributed by atoms with Gasteiger partial charge in [0, 0.05) is 12.1 Å². The van der Waals surface area contributed by atoms with E-state index in [0.29, 0.717) is 18.7 Å². The van der Waals surface area contributed by atoms with Gasteiger partial charge >= 0.3 is 5.97 Å². The van der Waals surface area contributed by atoms with Gasteiger partial charge in [-0.05, 0) is 43.7 Å². The molecule has 3 rings (SSSR count). The third kappa shape index (κ3) is 4.61. The van der Waals surface area contributed by atoms with E-state index in [4.69, 9.17) is 9.15 Å². The molecular formula is C22H23NO3. The van der Waals surface area contributed by atoms with E-state index in [1.54, 1.807) is 19.1 Å². The lowest BCUT2D eigenvalue weighted by molar-refractivity contribution is 0.0526. The van der Waals surface area contributed by atoms with E-state index in [0.717, 1.165) is 23.6 Å². The van der Waals surface area contributed by atoms with E-state index in [2.05, 4.69) is 36.5 Å². The van der Waals surface area contributed by atoms with E-state index in [1.807, 2.05) is 24.3 Å². The number of rotatable bonds is 7. The predicted octanol–water partition coefficient (Wildman–Crippen LogP) is 4.72. The van der Waals surface area contributed by atoms with Gasteiger partial charge in [0.25, 0.3) is 0 Å². The van der Waals surface area contributed by atoms with Crippen LogP contribution in [0.3, 0.4) is 0 Å². The molecule has 0 unspecified atom stereocenters. The van der Waals surface area contributed by atoms with Crippen molar-refractivity contribution in [1.82, 2.24) is 5.32 Å². The number of hydrogen-bond acceptors (Lipinski definition) is 4. The van der Waals surface area contributed by atoms with Crippen LogP contribution in [0.5, 0.6) is 0 Å². The fourth-order valence-corrected chi connectivity index (χ4v) is 2.65. The summed E-state index contributed by atoms with van der Waals surface area (Å²) in [5, 5.41) is 3.39. The molecule has 0 spiro atoms. The third-order valence-electron chi connectivity index (χ3n) is 4.09. The Kier molecular flexibility index (Phi) is 5.87. The summed E-state index contributed by atoms with van der Waals surface area (Å²) < 4.78 is 10.9. The van der Waals surface area contributed by atoms with Gasteiger partial charge in [-0.1, -0.05) is 42.0 Å². The molecule has 0 aliphatic carbocycles. The Balaban J connectivity index is 1.57. The molecule has 0 bridgehead atoms. The van der Waals surface area contributed by atoms with Gasteiger partial charge in [-0.3, -0.25) is 0 Å². The van der Waals surface area contributed by atoms with Crippen LogP contribution in [0.2, 0.25) is 0 Å². The lowest BCUT2D eigenvalue weighted by atomic mass is 10.1. The zero-order valence-electron chi connectivity index (χ0n) is 15.1. The predicted molar refractivity (Wildman–Crippen MR) is 102 cm³/mol. The fourth-order valence-electron chi connectivity index (χ4n) is 2.65. The fraction of sp³-hybridized carbons (Fsp3) is 0.227. The number of furan rings is 1. The summed E-state index contributed by atoms with van der Waals surface area (Å²) in [6, 6.07) is 19.6. The molecule has 4 nitrogen and oxygen atoms in total. The Morgan fingerprint density at radius 1 is 0.962 bits per heavy atom. The lowest BCUT2D eigenvalue weighted by Gasteiger charge is -2.04. The zero-order chi connectivity index (χ0) is 18.4. The first-order valence-corrected chi connectivity index (χ1v) is 8.78. The second-order valence-electron chi connectivity index (χ2n) is 6.15. The molecule has 0 atom stereocenters. The lowest BCUT2D eigenvalue weighted by Crippen LogP contribution is -2.11. The molecule has 134 valence electrons. The number of hydrogen-bond donors (Lipinski definition) is 1. The Morgan fingerprint density at radius 2 is 1.69 bits per heavy atom. The Hall–Kier alpha value is -2.85. The van der Waals surface area contributed by atoms with Gasteiger partial charge in [0.1, 0.15) is 11.5 Å². The maximum atomic E-state index is 11.7. The standard InChI is InChI=1S/C22H23NO3/c1-3-25-22(24)19-10-8-18(9-11-19)21-13-12-20(26-21)15-23-14-17-6-4-16(2)5-7-17/h4-13,23H,3,14-15H2,1-2H3. The van der Waals surface area contributed by atoms with E-state index < -0.39 is 0 Å². The first kappa shape index (κ1) is 18.0. The van der Waals surface area contributed by atoms with Crippen LogP contribution in [0.4, 0.5) is 0 Å². The average Bonchev–Trinajstić information content (AvgIpc) is 3.13. The summed E-state index contributed by atoms with van der Waals surface area (Å²) in [7, 11) is 0. The molecule has 1 N–H and O–H groups in total. The van der Waals surface area contributed by atoms with Crippen molar-refractivity contribution in [3.05, 3.63) is 83.1 Å². The number of aryl methyl sites for hydroxylation is 1. The first-order chi connectivity index (χ1) is 12.7. The molecule has 26 heavy (non-hydrogen) atoms. The van der Waals surface area contributed by atoms with E-state index in [1.165, 1.54) is 11.1 Å². The largest absolute Gasteiger partial charge is 0.462 e. The Labute approximate surface area is 153 Å². The molecule has 2 aromatic carbocycles. The van der Waals surface area contributed by atoms with Gasteiger partial charge in [0.15, 0.2) is 0 Å². The second kappa shape index (κ2) is 8.50. The molecule has 4 heteroatoms. The van der Waals surface area contributed by atoms with Crippen molar-refractivity contribution in [1.29, 1.82) is 0 Å². The monoisotopic (exact) mass is 349 g/mol. The van der Waals surface area contributed by atoms with Crippen LogP contribution >= 0.6 is 0 Å². The highest BCUT2D eigenvalue weighted by Gasteiger charge is 2.08. The molecule has 0 radical (unpaired) electrons. The smallest absolute Gasteiger partial charge is 0.338 e. The van der Waals surface area contributed by atoms with E-state index >= 15 is 0 Å². The van der Waals surface area contributed by atoms with Gasteiger partial charge in [-0.2, -0.15) is 0 Å². The highest BCUT2D eigenvalue weighted by Crippen LogP contribution is 2.23. The van der Waals surface area contributed by atoms with Crippen LogP contribution in [-0.4, -0.2) is 12.6 Å². The molecule has 0 saturated carbocycles. The molecule has 0 aliphatic rings. The highest BCUT2D eigenvalue weighted by molar-refractivity contribution is 5.89. The van der Waals surface area contributed by atoms with Gasteiger partial charge < -0.3 is 14.5 Å². The van der Waals surface area contributed by atoms with Crippen molar-refractivity contribution in [3.8, 4) is 11.3 Å². The van der Waals surface area contributed by atoms with E-state index in [9.17, 15) is 4.79 Å². The number of esters is 1. The topological polar surface area (TPSA) is 51.5 Å². The number of nitrogens with one attached hydrogen (secondary N) is 1. The van der Waals surface area contributed by atoms with Crippen LogP contribution in [0, 0.1) is 6.92 Å². The summed E-state index contributed by atoms with van der Waals surface area (Å²) in [5.41, 5.74) is 3.99. The minimum Gasteiger partial charge on any atom is -0.462 e. The van der Waals surface area contributed by atoms with Crippen molar-refractivity contribution in [3.63, 3.8) is 0 Å². The number of ether oxygens (including phenoxy) is 1. The van der Waals surface area contributed by atoms with Crippen molar-refractivity contribution in [2.45, 2.75) is 26.9 Å². The van der Waals surface area contributed by atoms with Crippen molar-refractivity contribution < 1.29 is 13.9 Å². The van der Waals surface area contributed by atoms with Crippen LogP contribution in [0.25, 0.3) is 11.3 Å². The van der Waals surface area contributed by atoms with Crippen molar-refractivity contribution in [2.75, 3.05) is 6.61 Å². The van der Waals surface area contributed by atoms with E-state index in [-0.39, 0.29) is 5.97 Å². The second-order valence-corrected chi connectivity index (χ2v) is 6.15. The van der Waals surface area contributed by atoms with Crippen molar-refractivity contribution >= 4 is 5.97 Å². The maximum absolute atomic E-state index is 11.7. The summed E-state index contributed by atoms with van der Waals surface area (Å²) in [4.78, 5) is 11.7.